The van der Waals surface area contributed by atoms with E-state index >= 15 is 0 Å². The molecule has 0 atom stereocenters. The smallest absolute Gasteiger partial charge is 0.254 e. The van der Waals surface area contributed by atoms with Crippen LogP contribution in [0.25, 0.3) is 0 Å². The van der Waals surface area contributed by atoms with E-state index in [1.807, 2.05) is 30.0 Å². The lowest BCUT2D eigenvalue weighted by Gasteiger charge is -2.31. The highest BCUT2D eigenvalue weighted by molar-refractivity contribution is 9.10. The van der Waals surface area contributed by atoms with Gasteiger partial charge in [0.25, 0.3) is 5.91 Å². The predicted molar refractivity (Wildman–Crippen MR) is 84.3 cm³/mol. The molecule has 0 spiro atoms. The molecular weight excluding hydrogens is 324 g/mol. The lowest BCUT2D eigenvalue weighted by Crippen LogP contribution is -2.41. The van der Waals surface area contributed by atoms with Gasteiger partial charge in [0.15, 0.2) is 0 Å². The molecule has 0 bridgehead atoms. The molecule has 0 unspecified atom stereocenters. The summed E-state index contributed by atoms with van der Waals surface area (Å²) in [6.45, 7) is 3.42. The third kappa shape index (κ3) is 3.34. The van der Waals surface area contributed by atoms with Crippen LogP contribution in [0.5, 0.6) is 0 Å². The number of benzene rings is 1. The number of hydrogen-bond acceptors (Lipinski definition) is 2. The van der Waals surface area contributed by atoms with Gasteiger partial charge in [0, 0.05) is 29.0 Å². The van der Waals surface area contributed by atoms with Crippen molar-refractivity contribution in [3.8, 4) is 0 Å². The number of nitrogens with zero attached hydrogens (tertiary/aromatic N) is 1. The third-order valence-electron chi connectivity index (χ3n) is 3.60. The predicted octanol–water partition coefficient (Wildman–Crippen LogP) is 2.90. The van der Waals surface area contributed by atoms with E-state index in [0.29, 0.717) is 4.99 Å². The van der Waals surface area contributed by atoms with Crippen LogP contribution in [0.4, 0.5) is 0 Å². The molecule has 1 amide bonds. The van der Waals surface area contributed by atoms with Gasteiger partial charge >= 0.3 is 0 Å². The number of hydrogen-bond donors (Lipinski definition) is 1. The first-order chi connectivity index (χ1) is 8.99. The molecule has 2 rings (SSSR count). The first-order valence-corrected chi connectivity index (χ1v) is 7.54. The minimum Gasteiger partial charge on any atom is -0.393 e. The van der Waals surface area contributed by atoms with Gasteiger partial charge < -0.3 is 10.6 Å². The van der Waals surface area contributed by atoms with Crippen molar-refractivity contribution in [1.29, 1.82) is 0 Å². The Morgan fingerprint density at radius 3 is 2.58 bits per heavy atom. The van der Waals surface area contributed by atoms with Crippen molar-refractivity contribution in [2.75, 3.05) is 13.1 Å². The maximum absolute atomic E-state index is 12.5. The molecule has 1 aromatic carbocycles. The summed E-state index contributed by atoms with van der Waals surface area (Å²) in [5.74, 6) is 0.386. The zero-order valence-corrected chi connectivity index (χ0v) is 13.3. The van der Waals surface area contributed by atoms with Gasteiger partial charge in [0.2, 0.25) is 0 Å². The fourth-order valence-corrected chi connectivity index (χ4v) is 3.12. The molecule has 1 heterocycles. The van der Waals surface area contributed by atoms with Crippen molar-refractivity contribution in [2.24, 2.45) is 11.7 Å². The van der Waals surface area contributed by atoms with Gasteiger partial charge in [-0.05, 0) is 43.5 Å². The Hall–Kier alpha value is -0.940. The number of likely N-dealkylation sites (tertiary alicyclic amines) is 1. The van der Waals surface area contributed by atoms with E-state index in [-0.39, 0.29) is 11.8 Å². The molecule has 102 valence electrons. The first-order valence-electron chi connectivity index (χ1n) is 6.34. The standard InChI is InChI=1S/C14H17BrN2OS/c1-9-8-11(15)2-3-12(9)14(18)17-6-4-10(5-7-17)13(16)19/h2-3,8,10H,4-7H2,1H3,(H2,16,19). The summed E-state index contributed by atoms with van der Waals surface area (Å²) >= 11 is 8.43. The Labute approximate surface area is 127 Å². The topological polar surface area (TPSA) is 46.3 Å². The van der Waals surface area contributed by atoms with Gasteiger partial charge in [-0.1, -0.05) is 28.1 Å². The number of aryl methyl sites for hydroxylation is 1. The van der Waals surface area contributed by atoms with Gasteiger partial charge in [0.1, 0.15) is 0 Å². The van der Waals surface area contributed by atoms with Crippen LogP contribution in [0.1, 0.15) is 28.8 Å². The second-order valence-corrected chi connectivity index (χ2v) is 6.32. The van der Waals surface area contributed by atoms with Crippen molar-refractivity contribution in [2.45, 2.75) is 19.8 Å². The zero-order chi connectivity index (χ0) is 14.0. The molecule has 0 aliphatic carbocycles. The largest absolute Gasteiger partial charge is 0.393 e. The second-order valence-electron chi connectivity index (χ2n) is 4.93. The van der Waals surface area contributed by atoms with Gasteiger partial charge in [0.05, 0.1) is 4.99 Å². The molecule has 1 saturated heterocycles. The summed E-state index contributed by atoms with van der Waals surface area (Å²) in [6, 6.07) is 5.75. The molecule has 1 aliphatic heterocycles. The number of thiocarbonyl (C=S) groups is 1. The zero-order valence-electron chi connectivity index (χ0n) is 10.9. The third-order valence-corrected chi connectivity index (χ3v) is 4.43. The summed E-state index contributed by atoms with van der Waals surface area (Å²) in [5.41, 5.74) is 7.43. The van der Waals surface area contributed by atoms with Crippen molar-refractivity contribution < 1.29 is 4.79 Å². The number of piperidine rings is 1. The Balaban J connectivity index is 2.07. The van der Waals surface area contributed by atoms with E-state index in [0.717, 1.165) is 41.5 Å². The average molecular weight is 341 g/mol. The number of halogens is 1. The van der Waals surface area contributed by atoms with Crippen molar-refractivity contribution in [3.05, 3.63) is 33.8 Å². The van der Waals surface area contributed by atoms with Gasteiger partial charge in [-0.3, -0.25) is 4.79 Å². The van der Waals surface area contributed by atoms with Crippen LogP contribution in [0.15, 0.2) is 22.7 Å². The van der Waals surface area contributed by atoms with Gasteiger partial charge in [-0.2, -0.15) is 0 Å². The number of carbonyl (C=O) groups excluding carboxylic acids is 1. The molecule has 2 N–H and O–H groups in total. The maximum Gasteiger partial charge on any atom is 0.254 e. The molecule has 3 nitrogen and oxygen atoms in total. The van der Waals surface area contributed by atoms with E-state index in [1.54, 1.807) is 0 Å². The normalized spacial score (nSPS) is 16.4. The Morgan fingerprint density at radius 2 is 2.05 bits per heavy atom. The van der Waals surface area contributed by atoms with Crippen molar-refractivity contribution in [3.63, 3.8) is 0 Å². The summed E-state index contributed by atoms with van der Waals surface area (Å²) < 4.78 is 0.994. The molecule has 0 saturated carbocycles. The number of amides is 1. The second kappa shape index (κ2) is 6.01. The fraction of sp³-hybridized carbons (Fsp3) is 0.429. The van der Waals surface area contributed by atoms with Crippen molar-refractivity contribution in [1.82, 2.24) is 4.90 Å². The molecular formula is C14H17BrN2OS. The van der Waals surface area contributed by atoms with E-state index < -0.39 is 0 Å². The molecule has 1 aromatic rings. The number of carbonyl (C=O) groups is 1. The van der Waals surface area contributed by atoms with Crippen LogP contribution in [0.3, 0.4) is 0 Å². The van der Waals surface area contributed by atoms with Crippen LogP contribution in [0, 0.1) is 12.8 Å². The van der Waals surface area contributed by atoms with E-state index in [9.17, 15) is 4.79 Å². The highest BCUT2D eigenvalue weighted by Crippen LogP contribution is 2.22. The van der Waals surface area contributed by atoms with E-state index in [2.05, 4.69) is 15.9 Å². The van der Waals surface area contributed by atoms with Crippen LogP contribution >= 0.6 is 28.1 Å². The molecule has 0 radical (unpaired) electrons. The SMILES string of the molecule is Cc1cc(Br)ccc1C(=O)N1CCC(C(N)=S)CC1. The van der Waals surface area contributed by atoms with Crippen LogP contribution < -0.4 is 5.73 Å². The Kier molecular flexibility index (Phi) is 4.58. The number of rotatable bonds is 2. The quantitative estimate of drug-likeness (QED) is 0.842. The summed E-state index contributed by atoms with van der Waals surface area (Å²) in [4.78, 5) is 14.9. The molecule has 5 heteroatoms. The monoisotopic (exact) mass is 340 g/mol. The lowest BCUT2D eigenvalue weighted by atomic mass is 9.96. The summed E-state index contributed by atoms with van der Waals surface area (Å²) in [5, 5.41) is 0. The van der Waals surface area contributed by atoms with Crippen molar-refractivity contribution >= 4 is 39.0 Å². The molecule has 0 aromatic heterocycles. The molecule has 1 aliphatic rings. The first kappa shape index (κ1) is 14.5. The lowest BCUT2D eigenvalue weighted by molar-refractivity contribution is 0.0709. The van der Waals surface area contributed by atoms with Crippen LogP contribution in [0.2, 0.25) is 0 Å². The fourth-order valence-electron chi connectivity index (χ4n) is 2.40. The maximum atomic E-state index is 12.5. The number of nitrogens with two attached hydrogens (primary N) is 1. The average Bonchev–Trinajstić information content (AvgIpc) is 2.38. The van der Waals surface area contributed by atoms with E-state index in [4.69, 9.17) is 18.0 Å². The Morgan fingerprint density at radius 1 is 1.42 bits per heavy atom. The van der Waals surface area contributed by atoms with Crippen LogP contribution in [-0.2, 0) is 0 Å². The van der Waals surface area contributed by atoms with Gasteiger partial charge in [-0.15, -0.1) is 0 Å². The minimum absolute atomic E-state index is 0.103. The van der Waals surface area contributed by atoms with Crippen LogP contribution in [-0.4, -0.2) is 28.9 Å². The molecule has 19 heavy (non-hydrogen) atoms. The van der Waals surface area contributed by atoms with E-state index in [1.165, 1.54) is 0 Å². The summed E-state index contributed by atoms with van der Waals surface area (Å²) in [6.07, 6.45) is 1.74. The molecule has 1 fully saturated rings. The Bertz CT molecular complexity index is 510. The highest BCUT2D eigenvalue weighted by atomic mass is 79.9. The summed E-state index contributed by atoms with van der Waals surface area (Å²) in [7, 11) is 0. The highest BCUT2D eigenvalue weighted by Gasteiger charge is 2.25. The van der Waals surface area contributed by atoms with Gasteiger partial charge in [-0.25, -0.2) is 0 Å². The minimum atomic E-state index is 0.103.